The maximum absolute atomic E-state index is 13.1. The number of H-pyrrole nitrogens is 1. The van der Waals surface area contributed by atoms with Crippen LogP contribution in [0.3, 0.4) is 0 Å². The molecule has 130 valence electrons. The van der Waals surface area contributed by atoms with E-state index in [1.54, 1.807) is 13.8 Å². The van der Waals surface area contributed by atoms with E-state index in [-0.39, 0.29) is 17.0 Å². The van der Waals surface area contributed by atoms with Gasteiger partial charge in [-0.05, 0) is 33.3 Å². The number of ether oxygens (including phenoxy) is 1. The van der Waals surface area contributed by atoms with Gasteiger partial charge in [0.15, 0.2) is 0 Å². The van der Waals surface area contributed by atoms with Crippen molar-refractivity contribution < 1.29 is 13.2 Å². The zero-order chi connectivity index (χ0) is 17.5. The number of aryl methyl sites for hydroxylation is 3. The molecule has 1 fully saturated rings. The molecule has 2 heterocycles. The van der Waals surface area contributed by atoms with Crippen molar-refractivity contribution in [2.24, 2.45) is 0 Å². The van der Waals surface area contributed by atoms with Gasteiger partial charge in [0.1, 0.15) is 4.90 Å². The monoisotopic (exact) mass is 349 g/mol. The number of nitrogens with zero attached hydrogens (tertiary/aromatic N) is 2. The Morgan fingerprint density at radius 1 is 1.21 bits per heavy atom. The van der Waals surface area contributed by atoms with Crippen molar-refractivity contribution in [1.82, 2.24) is 14.5 Å². The summed E-state index contributed by atoms with van der Waals surface area (Å²) < 4.78 is 33.7. The van der Waals surface area contributed by atoms with Gasteiger partial charge in [-0.3, -0.25) is 5.10 Å². The molecule has 1 aromatic carbocycles. The van der Waals surface area contributed by atoms with Gasteiger partial charge in [-0.2, -0.15) is 9.40 Å². The van der Waals surface area contributed by atoms with Crippen LogP contribution in [0.4, 0.5) is 0 Å². The summed E-state index contributed by atoms with van der Waals surface area (Å²) in [5.74, 6) is 0. The third-order valence-electron chi connectivity index (χ3n) is 4.45. The van der Waals surface area contributed by atoms with Crippen LogP contribution < -0.4 is 0 Å². The zero-order valence-corrected chi connectivity index (χ0v) is 15.2. The molecule has 2 atom stereocenters. The Hall–Kier alpha value is -1.70. The van der Waals surface area contributed by atoms with Crippen molar-refractivity contribution in [2.45, 2.75) is 44.7 Å². The van der Waals surface area contributed by atoms with Crippen LogP contribution in [-0.2, 0) is 14.8 Å². The average Bonchev–Trinajstić information content (AvgIpc) is 2.88. The molecule has 0 spiro atoms. The first kappa shape index (κ1) is 17.1. The topological polar surface area (TPSA) is 75.3 Å². The Balaban J connectivity index is 1.93. The number of nitrogens with one attached hydrogen (secondary N) is 1. The molecule has 0 aliphatic carbocycles. The lowest BCUT2D eigenvalue weighted by atomic mass is 10.1. The average molecular weight is 349 g/mol. The molecule has 0 saturated carbocycles. The SMILES string of the molecule is Cc1ccc(C2CN(S(=O)(=O)c3c(C)n[nH]c3C)C(C)CO2)cc1. The summed E-state index contributed by atoms with van der Waals surface area (Å²) in [4.78, 5) is 0.277. The van der Waals surface area contributed by atoms with Crippen LogP contribution >= 0.6 is 0 Å². The minimum absolute atomic E-state index is 0.217. The lowest BCUT2D eigenvalue weighted by Crippen LogP contribution is -2.48. The van der Waals surface area contributed by atoms with Crippen LogP contribution in [0.1, 0.15) is 35.5 Å². The fraction of sp³-hybridized carbons (Fsp3) is 0.471. The quantitative estimate of drug-likeness (QED) is 0.924. The van der Waals surface area contributed by atoms with E-state index in [9.17, 15) is 8.42 Å². The van der Waals surface area contributed by atoms with Gasteiger partial charge >= 0.3 is 0 Å². The van der Waals surface area contributed by atoms with Crippen LogP contribution in [0.15, 0.2) is 29.2 Å². The molecule has 24 heavy (non-hydrogen) atoms. The first-order valence-electron chi connectivity index (χ1n) is 8.02. The van der Waals surface area contributed by atoms with Gasteiger partial charge in [-0.25, -0.2) is 8.42 Å². The van der Waals surface area contributed by atoms with E-state index < -0.39 is 10.0 Å². The first-order chi connectivity index (χ1) is 11.3. The lowest BCUT2D eigenvalue weighted by Gasteiger charge is -2.37. The smallest absolute Gasteiger partial charge is 0.247 e. The largest absolute Gasteiger partial charge is 0.370 e. The number of aromatic amines is 1. The van der Waals surface area contributed by atoms with E-state index in [0.29, 0.717) is 24.5 Å². The highest BCUT2D eigenvalue weighted by Crippen LogP contribution is 2.31. The van der Waals surface area contributed by atoms with Gasteiger partial charge < -0.3 is 4.74 Å². The van der Waals surface area contributed by atoms with E-state index in [1.165, 1.54) is 4.31 Å². The van der Waals surface area contributed by atoms with Crippen molar-refractivity contribution in [1.29, 1.82) is 0 Å². The predicted molar refractivity (Wildman–Crippen MR) is 91.3 cm³/mol. The van der Waals surface area contributed by atoms with Gasteiger partial charge in [0.05, 0.1) is 24.1 Å². The van der Waals surface area contributed by atoms with Gasteiger partial charge in [-0.1, -0.05) is 29.8 Å². The fourth-order valence-electron chi connectivity index (χ4n) is 3.09. The minimum Gasteiger partial charge on any atom is -0.370 e. The van der Waals surface area contributed by atoms with Crippen molar-refractivity contribution >= 4 is 10.0 Å². The fourth-order valence-corrected chi connectivity index (χ4v) is 5.04. The Morgan fingerprint density at radius 2 is 1.88 bits per heavy atom. The predicted octanol–water partition coefficient (Wildman–Crippen LogP) is 2.49. The molecule has 3 rings (SSSR count). The van der Waals surface area contributed by atoms with Crippen LogP contribution in [0.25, 0.3) is 0 Å². The highest BCUT2D eigenvalue weighted by Gasteiger charge is 2.38. The van der Waals surface area contributed by atoms with E-state index in [1.807, 2.05) is 38.1 Å². The maximum Gasteiger partial charge on any atom is 0.247 e. The summed E-state index contributed by atoms with van der Waals surface area (Å²) in [6, 6.07) is 7.80. The molecule has 6 nitrogen and oxygen atoms in total. The standard InChI is InChI=1S/C17H23N3O3S/c1-11-5-7-15(8-6-11)16-9-20(12(2)10-23-16)24(21,22)17-13(3)18-19-14(17)4/h5-8,12,16H,9-10H2,1-4H3,(H,18,19). The lowest BCUT2D eigenvalue weighted by molar-refractivity contribution is -0.0288. The summed E-state index contributed by atoms with van der Waals surface area (Å²) >= 11 is 0. The highest BCUT2D eigenvalue weighted by atomic mass is 32.2. The summed E-state index contributed by atoms with van der Waals surface area (Å²) in [6.07, 6.45) is -0.260. The van der Waals surface area contributed by atoms with E-state index >= 15 is 0 Å². The number of morpholine rings is 1. The number of rotatable bonds is 3. The summed E-state index contributed by atoms with van der Waals surface area (Å²) in [5, 5.41) is 6.79. The Morgan fingerprint density at radius 3 is 2.46 bits per heavy atom. The molecule has 1 N–H and O–H groups in total. The second-order valence-electron chi connectivity index (χ2n) is 6.42. The molecule has 0 radical (unpaired) electrons. The van der Waals surface area contributed by atoms with E-state index in [0.717, 1.165) is 11.1 Å². The Bertz CT molecular complexity index is 808. The van der Waals surface area contributed by atoms with Crippen LogP contribution in [0, 0.1) is 20.8 Å². The van der Waals surface area contributed by atoms with E-state index in [4.69, 9.17) is 4.74 Å². The first-order valence-corrected chi connectivity index (χ1v) is 9.46. The number of aromatic nitrogens is 2. The number of hydrogen-bond donors (Lipinski definition) is 1. The number of hydrogen-bond acceptors (Lipinski definition) is 4. The molecule has 1 aromatic heterocycles. The second kappa shape index (κ2) is 6.31. The summed E-state index contributed by atoms with van der Waals surface area (Å²) in [7, 11) is -3.62. The van der Waals surface area contributed by atoms with Crippen molar-refractivity contribution in [3.8, 4) is 0 Å². The van der Waals surface area contributed by atoms with Crippen LogP contribution in [-0.4, -0.2) is 42.1 Å². The molecular weight excluding hydrogens is 326 g/mol. The van der Waals surface area contributed by atoms with Crippen molar-refractivity contribution in [3.05, 3.63) is 46.8 Å². The highest BCUT2D eigenvalue weighted by molar-refractivity contribution is 7.89. The molecule has 2 aromatic rings. The van der Waals surface area contributed by atoms with Gasteiger partial charge in [0.25, 0.3) is 0 Å². The van der Waals surface area contributed by atoms with Gasteiger partial charge in [-0.15, -0.1) is 0 Å². The van der Waals surface area contributed by atoms with Crippen LogP contribution in [0.5, 0.6) is 0 Å². The third-order valence-corrected chi connectivity index (χ3v) is 6.70. The summed E-state index contributed by atoms with van der Waals surface area (Å²) in [5.41, 5.74) is 3.22. The molecule has 1 saturated heterocycles. The van der Waals surface area contributed by atoms with E-state index in [2.05, 4.69) is 10.2 Å². The van der Waals surface area contributed by atoms with Gasteiger partial charge in [0, 0.05) is 12.6 Å². The molecule has 2 unspecified atom stereocenters. The summed E-state index contributed by atoms with van der Waals surface area (Å²) in [6.45, 7) is 8.00. The Kier molecular flexibility index (Phi) is 4.50. The normalized spacial score (nSPS) is 22.7. The molecular formula is C17H23N3O3S. The number of sulfonamides is 1. The molecule has 1 aliphatic rings. The number of benzene rings is 1. The Labute approximate surface area is 142 Å². The molecule has 1 aliphatic heterocycles. The molecule has 0 amide bonds. The molecule has 0 bridgehead atoms. The minimum atomic E-state index is -3.62. The third kappa shape index (κ3) is 2.99. The zero-order valence-electron chi connectivity index (χ0n) is 14.4. The second-order valence-corrected chi connectivity index (χ2v) is 8.25. The van der Waals surface area contributed by atoms with Crippen molar-refractivity contribution in [2.75, 3.05) is 13.2 Å². The van der Waals surface area contributed by atoms with Gasteiger partial charge in [0.2, 0.25) is 10.0 Å². The van der Waals surface area contributed by atoms with Crippen LogP contribution in [0.2, 0.25) is 0 Å². The molecule has 7 heteroatoms. The maximum atomic E-state index is 13.1. The van der Waals surface area contributed by atoms with Crippen molar-refractivity contribution in [3.63, 3.8) is 0 Å².